The average molecular weight is 566 g/mol. The number of nitrogens with one attached hydrogen (secondary N) is 1. The first-order chi connectivity index (χ1) is 16.7. The van der Waals surface area contributed by atoms with E-state index in [4.69, 9.17) is 14.6 Å². The van der Waals surface area contributed by atoms with Gasteiger partial charge in [0.15, 0.2) is 12.5 Å². The van der Waals surface area contributed by atoms with E-state index < -0.39 is 95.4 Å². The van der Waals surface area contributed by atoms with Gasteiger partial charge in [0.2, 0.25) is 0 Å². The summed E-state index contributed by atoms with van der Waals surface area (Å²) in [6.45, 7) is -1.93. The Kier molecular flexibility index (Phi) is 9.05. The fraction of sp³-hybridized carbons (Fsp3) is 0.733. The van der Waals surface area contributed by atoms with Gasteiger partial charge in [0, 0.05) is 12.3 Å². The molecule has 2 aliphatic rings. The van der Waals surface area contributed by atoms with Crippen molar-refractivity contribution in [3.8, 4) is 0 Å². The van der Waals surface area contributed by atoms with Gasteiger partial charge in [-0.15, -0.1) is 0 Å². The lowest BCUT2D eigenvalue weighted by molar-refractivity contribution is -0.280. The molecule has 8 unspecified atom stereocenters. The van der Waals surface area contributed by atoms with E-state index >= 15 is 0 Å². The van der Waals surface area contributed by atoms with Crippen molar-refractivity contribution in [2.75, 3.05) is 13.2 Å². The fourth-order valence-corrected chi connectivity index (χ4v) is 5.51. The van der Waals surface area contributed by atoms with Crippen molar-refractivity contribution in [1.29, 1.82) is 0 Å². The van der Waals surface area contributed by atoms with E-state index in [1.165, 1.54) is 0 Å². The number of phosphoric ester groups is 2. The van der Waals surface area contributed by atoms with Crippen molar-refractivity contribution in [2.24, 2.45) is 0 Å². The van der Waals surface area contributed by atoms with E-state index in [1.54, 1.807) is 0 Å². The normalized spacial score (nSPS) is 38.4. The van der Waals surface area contributed by atoms with Gasteiger partial charge in [-0.1, -0.05) is 0 Å². The highest BCUT2D eigenvalue weighted by atomic mass is 31.3. The number of nitrogens with zero attached hydrogens (tertiary/aromatic N) is 1. The number of aliphatic hydroxyl groups is 6. The molecule has 0 aromatic carbocycles. The van der Waals surface area contributed by atoms with Crippen LogP contribution in [0.15, 0.2) is 21.9 Å². The highest BCUT2D eigenvalue weighted by molar-refractivity contribution is 7.61. The van der Waals surface area contributed by atoms with Crippen LogP contribution in [0.3, 0.4) is 0 Å². The Hall–Kier alpha value is -1.38. The molecule has 1 aromatic heterocycles. The molecule has 3 rings (SSSR count). The summed E-state index contributed by atoms with van der Waals surface area (Å²) >= 11 is 0. The van der Waals surface area contributed by atoms with Crippen LogP contribution in [0.1, 0.15) is 6.23 Å². The van der Waals surface area contributed by atoms with Crippen molar-refractivity contribution in [2.45, 2.75) is 55.2 Å². The number of aromatic amines is 1. The third-order valence-electron chi connectivity index (χ3n) is 5.16. The Morgan fingerprint density at radius 3 is 2.17 bits per heavy atom. The molecule has 9 N–H and O–H groups in total. The summed E-state index contributed by atoms with van der Waals surface area (Å²) in [7, 11) is -11.1. The molecule has 0 bridgehead atoms. The van der Waals surface area contributed by atoms with E-state index in [9.17, 15) is 54.0 Å². The number of aromatic nitrogens is 2. The third-order valence-corrected chi connectivity index (χ3v) is 7.76. The molecule has 2 fully saturated rings. The van der Waals surface area contributed by atoms with E-state index in [0.717, 1.165) is 16.8 Å². The smallest absolute Gasteiger partial charge is 0.394 e. The van der Waals surface area contributed by atoms with Gasteiger partial charge in [0.05, 0.1) is 13.2 Å². The molecule has 36 heavy (non-hydrogen) atoms. The van der Waals surface area contributed by atoms with Gasteiger partial charge in [0.25, 0.3) is 5.56 Å². The summed E-state index contributed by atoms with van der Waals surface area (Å²) in [6.07, 6.45) is -15.4. The van der Waals surface area contributed by atoms with Crippen LogP contribution in [0, 0.1) is 0 Å². The molecule has 3 heterocycles. The Bertz CT molecular complexity index is 1120. The Balaban J connectivity index is 1.61. The summed E-state index contributed by atoms with van der Waals surface area (Å²) in [5, 5.41) is 58.6. The zero-order chi connectivity index (χ0) is 27.0. The minimum atomic E-state index is -5.59. The van der Waals surface area contributed by atoms with Crippen LogP contribution in [0.25, 0.3) is 0 Å². The zero-order valence-corrected chi connectivity index (χ0v) is 19.6. The second-order valence-corrected chi connectivity index (χ2v) is 10.7. The number of rotatable bonds is 9. The summed E-state index contributed by atoms with van der Waals surface area (Å²) in [4.78, 5) is 44.5. The minimum Gasteiger partial charge on any atom is -0.394 e. The van der Waals surface area contributed by atoms with Crippen molar-refractivity contribution in [3.63, 3.8) is 0 Å². The number of phosphoric acid groups is 2. The summed E-state index contributed by atoms with van der Waals surface area (Å²) in [5.41, 5.74) is -1.75. The largest absolute Gasteiger partial charge is 0.483 e. The van der Waals surface area contributed by atoms with Crippen molar-refractivity contribution < 1.29 is 72.4 Å². The van der Waals surface area contributed by atoms with Gasteiger partial charge in [-0.25, -0.2) is 13.9 Å². The molecular formula is C15H24N2O17P2. The Morgan fingerprint density at radius 1 is 0.917 bits per heavy atom. The molecule has 2 saturated heterocycles. The van der Waals surface area contributed by atoms with Crippen LogP contribution in [-0.2, 0) is 32.0 Å². The molecular weight excluding hydrogens is 542 g/mol. The van der Waals surface area contributed by atoms with Gasteiger partial charge in [-0.05, 0) is 0 Å². The maximum Gasteiger partial charge on any atom is 0.483 e. The molecule has 0 amide bonds. The number of hydrogen-bond acceptors (Lipinski definition) is 15. The second-order valence-electron chi connectivity index (χ2n) is 7.68. The van der Waals surface area contributed by atoms with Crippen LogP contribution in [0.5, 0.6) is 0 Å². The van der Waals surface area contributed by atoms with Crippen molar-refractivity contribution in [3.05, 3.63) is 33.1 Å². The van der Waals surface area contributed by atoms with E-state index in [1.807, 2.05) is 4.98 Å². The number of ether oxygens (including phenoxy) is 2. The number of hydrogen-bond donors (Lipinski definition) is 9. The zero-order valence-electron chi connectivity index (χ0n) is 17.9. The molecule has 11 atom stereocenters. The lowest BCUT2D eigenvalue weighted by Crippen LogP contribution is -2.58. The van der Waals surface area contributed by atoms with Crippen LogP contribution in [0.4, 0.5) is 0 Å². The van der Waals surface area contributed by atoms with Crippen LogP contribution < -0.4 is 11.2 Å². The van der Waals surface area contributed by atoms with Gasteiger partial charge < -0.3 is 49.9 Å². The standard InChI is InChI=1S/C15H24N2O17P2/c18-3-5-8(20)10(22)12(24)14(32-5)33-36(28,29)34-35(26,27)30-4-6-9(21)11(23)13(31-6)17-2-1-7(19)16-15(17)25/h1-2,5-6,8-14,18,20-24H,3-4H2,(H,26,27)(H,28,29)(H,16,19,25)/t5?,6?,8-,9?,10?,11?,12-,13?,14+/m0/s1. The first-order valence-electron chi connectivity index (χ1n) is 9.99. The van der Waals surface area contributed by atoms with Crippen LogP contribution >= 0.6 is 15.6 Å². The Labute approximate surface area is 199 Å². The minimum absolute atomic E-state index is 0.723. The summed E-state index contributed by atoms with van der Waals surface area (Å²) in [6, 6.07) is 0.928. The highest BCUT2D eigenvalue weighted by Crippen LogP contribution is 2.61. The monoisotopic (exact) mass is 566 g/mol. The number of H-pyrrole nitrogens is 1. The van der Waals surface area contributed by atoms with E-state index in [0.29, 0.717) is 0 Å². The Morgan fingerprint density at radius 2 is 1.56 bits per heavy atom. The molecule has 0 spiro atoms. The van der Waals surface area contributed by atoms with Crippen molar-refractivity contribution in [1.82, 2.24) is 9.55 Å². The summed E-state index contributed by atoms with van der Waals surface area (Å²) < 4.78 is 48.1. The predicted octanol–water partition coefficient (Wildman–Crippen LogP) is -4.79. The predicted molar refractivity (Wildman–Crippen MR) is 109 cm³/mol. The first kappa shape index (κ1) is 29.2. The summed E-state index contributed by atoms with van der Waals surface area (Å²) in [5.74, 6) is 0. The average Bonchev–Trinajstić information content (AvgIpc) is 3.06. The molecule has 206 valence electrons. The molecule has 0 radical (unpaired) electrons. The third kappa shape index (κ3) is 6.54. The van der Waals surface area contributed by atoms with Gasteiger partial charge in [-0.2, -0.15) is 4.31 Å². The number of aliphatic hydroxyl groups excluding tert-OH is 6. The van der Waals surface area contributed by atoms with Crippen LogP contribution in [0.2, 0.25) is 0 Å². The molecule has 0 saturated carbocycles. The molecule has 1 aromatic rings. The molecule has 21 heteroatoms. The SMILES string of the molecule is O=c1ccn(C2OC(COP(=O)(O)OP(=O)(O)O[C@H]3OC(CO)[C@H](O)C(O)[C@@H]3O)C(O)C2O)c(=O)[nH]1. The van der Waals surface area contributed by atoms with Gasteiger partial charge >= 0.3 is 21.3 Å². The molecule has 2 aliphatic heterocycles. The lowest BCUT2D eigenvalue weighted by Gasteiger charge is -2.39. The topological polar surface area (TPSA) is 297 Å². The first-order valence-corrected chi connectivity index (χ1v) is 13.0. The maximum absolute atomic E-state index is 12.2. The van der Waals surface area contributed by atoms with Gasteiger partial charge in [0.1, 0.15) is 42.7 Å². The second kappa shape index (κ2) is 11.2. The van der Waals surface area contributed by atoms with Gasteiger partial charge in [-0.3, -0.25) is 23.4 Å². The van der Waals surface area contributed by atoms with Crippen molar-refractivity contribution >= 4 is 15.6 Å². The lowest BCUT2D eigenvalue weighted by atomic mass is 10.00. The van der Waals surface area contributed by atoms with E-state index in [2.05, 4.69) is 13.4 Å². The van der Waals surface area contributed by atoms with Crippen LogP contribution in [-0.4, -0.2) is 112 Å². The molecule has 0 aliphatic carbocycles. The quantitative estimate of drug-likeness (QED) is 0.127. The fourth-order valence-electron chi connectivity index (χ4n) is 3.35. The maximum atomic E-state index is 12.2. The highest BCUT2D eigenvalue weighted by Gasteiger charge is 2.49. The molecule has 19 nitrogen and oxygen atoms in total. The van der Waals surface area contributed by atoms with E-state index in [-0.39, 0.29) is 0 Å².